The third kappa shape index (κ3) is 1.79. The first-order valence-corrected chi connectivity index (χ1v) is 6.62. The highest BCUT2D eigenvalue weighted by Gasteiger charge is 2.55. The van der Waals surface area contributed by atoms with Gasteiger partial charge in [-0.2, -0.15) is 0 Å². The van der Waals surface area contributed by atoms with Crippen molar-refractivity contribution >= 4 is 17.5 Å². The standard InChI is InChI=1S/C13H14ClFN2O/c14-9-7-10(15)11(16-8-9)13(3-4-13)12(18)17-5-1-2-6-17/h7-8H,1-6H2. The number of nitrogens with zero attached hydrogens (tertiary/aromatic N) is 2. The molecule has 0 aromatic carbocycles. The maximum atomic E-state index is 13.9. The SMILES string of the molecule is O=C(N1CCCC1)C1(c2ncc(Cl)cc2F)CC1. The maximum absolute atomic E-state index is 13.9. The van der Waals surface area contributed by atoms with Crippen molar-refractivity contribution in [2.24, 2.45) is 0 Å². The summed E-state index contributed by atoms with van der Waals surface area (Å²) in [6.45, 7) is 1.57. The van der Waals surface area contributed by atoms with Crippen LogP contribution in [0, 0.1) is 5.82 Å². The summed E-state index contributed by atoms with van der Waals surface area (Å²) in [4.78, 5) is 18.3. The van der Waals surface area contributed by atoms with E-state index in [4.69, 9.17) is 11.6 Å². The van der Waals surface area contributed by atoms with Crippen molar-refractivity contribution < 1.29 is 9.18 Å². The van der Waals surface area contributed by atoms with E-state index < -0.39 is 11.2 Å². The summed E-state index contributed by atoms with van der Waals surface area (Å²) in [5.74, 6) is -0.429. The minimum atomic E-state index is -0.709. The number of hydrogen-bond donors (Lipinski definition) is 0. The van der Waals surface area contributed by atoms with Crippen molar-refractivity contribution in [2.75, 3.05) is 13.1 Å². The maximum Gasteiger partial charge on any atom is 0.234 e. The van der Waals surface area contributed by atoms with E-state index in [1.54, 1.807) is 0 Å². The lowest BCUT2D eigenvalue weighted by atomic mass is 9.99. The average Bonchev–Trinajstić information content (AvgIpc) is 2.95. The summed E-state index contributed by atoms with van der Waals surface area (Å²) in [6, 6.07) is 1.24. The van der Waals surface area contributed by atoms with Gasteiger partial charge in [0, 0.05) is 19.3 Å². The van der Waals surface area contributed by atoms with Crippen LogP contribution in [0.1, 0.15) is 31.4 Å². The van der Waals surface area contributed by atoms with Crippen LogP contribution in [-0.4, -0.2) is 28.9 Å². The molecule has 0 bridgehead atoms. The highest BCUT2D eigenvalue weighted by atomic mass is 35.5. The second-order valence-corrected chi connectivity index (χ2v) is 5.50. The molecule has 1 aliphatic heterocycles. The van der Waals surface area contributed by atoms with Crippen LogP contribution in [0.3, 0.4) is 0 Å². The number of amides is 1. The Balaban J connectivity index is 1.92. The van der Waals surface area contributed by atoms with E-state index in [0.717, 1.165) is 25.9 Å². The van der Waals surface area contributed by atoms with E-state index in [1.807, 2.05) is 4.90 Å². The van der Waals surface area contributed by atoms with Crippen molar-refractivity contribution in [3.8, 4) is 0 Å². The van der Waals surface area contributed by atoms with E-state index in [2.05, 4.69) is 4.98 Å². The molecule has 1 aliphatic carbocycles. The van der Waals surface area contributed by atoms with E-state index in [1.165, 1.54) is 12.3 Å². The zero-order valence-electron chi connectivity index (χ0n) is 9.96. The van der Waals surface area contributed by atoms with Crippen LogP contribution >= 0.6 is 11.6 Å². The van der Waals surface area contributed by atoms with Gasteiger partial charge in [-0.05, 0) is 31.7 Å². The van der Waals surface area contributed by atoms with Crippen LogP contribution < -0.4 is 0 Å². The predicted molar refractivity (Wildman–Crippen MR) is 65.9 cm³/mol. The van der Waals surface area contributed by atoms with Crippen molar-refractivity contribution in [1.29, 1.82) is 0 Å². The predicted octanol–water partition coefficient (Wildman–Crippen LogP) is 2.53. The van der Waals surface area contributed by atoms with Crippen LogP contribution in [0.15, 0.2) is 12.3 Å². The van der Waals surface area contributed by atoms with Crippen LogP contribution in [0.5, 0.6) is 0 Å². The third-order valence-corrected chi connectivity index (χ3v) is 4.02. The van der Waals surface area contributed by atoms with Gasteiger partial charge in [0.05, 0.1) is 16.1 Å². The van der Waals surface area contributed by atoms with E-state index in [9.17, 15) is 9.18 Å². The molecular formula is C13H14ClFN2O. The molecule has 5 heteroatoms. The van der Waals surface area contributed by atoms with Crippen LogP contribution in [0.2, 0.25) is 5.02 Å². The first-order chi connectivity index (χ1) is 8.63. The van der Waals surface area contributed by atoms with Gasteiger partial charge in [0.1, 0.15) is 5.82 Å². The van der Waals surface area contributed by atoms with Gasteiger partial charge in [-0.15, -0.1) is 0 Å². The molecule has 0 radical (unpaired) electrons. The van der Waals surface area contributed by atoms with Crippen LogP contribution in [-0.2, 0) is 10.2 Å². The number of rotatable bonds is 2. The van der Waals surface area contributed by atoms with E-state index in [0.29, 0.717) is 12.8 Å². The van der Waals surface area contributed by atoms with Gasteiger partial charge < -0.3 is 4.90 Å². The lowest BCUT2D eigenvalue weighted by molar-refractivity contribution is -0.133. The Kier molecular flexibility index (Phi) is 2.77. The minimum absolute atomic E-state index is 0.0359. The average molecular weight is 269 g/mol. The summed E-state index contributed by atoms with van der Waals surface area (Å²) < 4.78 is 13.9. The van der Waals surface area contributed by atoms with Crippen molar-refractivity contribution in [3.63, 3.8) is 0 Å². The highest BCUT2D eigenvalue weighted by Crippen LogP contribution is 2.50. The van der Waals surface area contributed by atoms with Gasteiger partial charge in [0.2, 0.25) is 5.91 Å². The lowest BCUT2D eigenvalue weighted by Gasteiger charge is -2.22. The van der Waals surface area contributed by atoms with Crippen molar-refractivity contribution in [3.05, 3.63) is 28.8 Å². The first-order valence-electron chi connectivity index (χ1n) is 6.24. The Morgan fingerprint density at radius 3 is 2.61 bits per heavy atom. The number of carbonyl (C=O) groups is 1. The highest BCUT2D eigenvalue weighted by molar-refractivity contribution is 6.30. The molecule has 0 spiro atoms. The molecule has 2 fully saturated rings. The molecule has 1 aromatic rings. The largest absolute Gasteiger partial charge is 0.342 e. The Bertz CT molecular complexity index is 496. The lowest BCUT2D eigenvalue weighted by Crippen LogP contribution is -2.38. The molecule has 18 heavy (non-hydrogen) atoms. The molecule has 2 heterocycles. The molecule has 2 aliphatic rings. The fourth-order valence-electron chi connectivity index (χ4n) is 2.67. The number of hydrogen-bond acceptors (Lipinski definition) is 2. The van der Waals surface area contributed by atoms with Crippen molar-refractivity contribution in [2.45, 2.75) is 31.1 Å². The monoisotopic (exact) mass is 268 g/mol. The zero-order chi connectivity index (χ0) is 12.8. The van der Waals surface area contributed by atoms with E-state index in [-0.39, 0.29) is 16.6 Å². The topological polar surface area (TPSA) is 33.2 Å². The molecule has 0 atom stereocenters. The summed E-state index contributed by atoms with van der Waals surface area (Å²) in [7, 11) is 0. The Morgan fingerprint density at radius 1 is 1.39 bits per heavy atom. The normalized spacial score (nSPS) is 21.1. The molecule has 0 unspecified atom stereocenters. The first kappa shape index (κ1) is 11.9. The molecule has 96 valence electrons. The fraction of sp³-hybridized carbons (Fsp3) is 0.538. The van der Waals surface area contributed by atoms with Gasteiger partial charge in [-0.3, -0.25) is 9.78 Å². The molecule has 1 saturated heterocycles. The summed E-state index contributed by atoms with van der Waals surface area (Å²) >= 11 is 5.70. The number of carbonyl (C=O) groups excluding carboxylic acids is 1. The molecule has 3 nitrogen and oxygen atoms in total. The molecule has 0 N–H and O–H groups in total. The fourth-order valence-corrected chi connectivity index (χ4v) is 2.81. The van der Waals surface area contributed by atoms with Gasteiger partial charge >= 0.3 is 0 Å². The molecular weight excluding hydrogens is 255 g/mol. The quantitative estimate of drug-likeness (QED) is 0.826. The van der Waals surface area contributed by atoms with Crippen LogP contribution in [0.4, 0.5) is 4.39 Å². The smallest absolute Gasteiger partial charge is 0.234 e. The van der Waals surface area contributed by atoms with E-state index >= 15 is 0 Å². The van der Waals surface area contributed by atoms with Gasteiger partial charge in [0.15, 0.2) is 0 Å². The van der Waals surface area contributed by atoms with Gasteiger partial charge in [0.25, 0.3) is 0 Å². The Morgan fingerprint density at radius 2 is 2.06 bits per heavy atom. The third-order valence-electron chi connectivity index (χ3n) is 3.81. The minimum Gasteiger partial charge on any atom is -0.342 e. The number of likely N-dealkylation sites (tertiary alicyclic amines) is 1. The second-order valence-electron chi connectivity index (χ2n) is 5.07. The number of aromatic nitrogens is 1. The summed E-state index contributed by atoms with van der Waals surface area (Å²) in [6.07, 6.45) is 4.87. The molecule has 1 saturated carbocycles. The van der Waals surface area contributed by atoms with Crippen molar-refractivity contribution in [1.82, 2.24) is 9.88 Å². The second kappa shape index (κ2) is 4.19. The van der Waals surface area contributed by atoms with Crippen LogP contribution in [0.25, 0.3) is 0 Å². The number of pyridine rings is 1. The zero-order valence-corrected chi connectivity index (χ0v) is 10.7. The molecule has 3 rings (SSSR count). The Labute approximate surface area is 110 Å². The van der Waals surface area contributed by atoms with Gasteiger partial charge in [-0.1, -0.05) is 11.6 Å². The summed E-state index contributed by atoms with van der Waals surface area (Å²) in [5, 5.41) is 0.265. The molecule has 1 aromatic heterocycles. The van der Waals surface area contributed by atoms with Gasteiger partial charge in [-0.25, -0.2) is 4.39 Å². The molecule has 1 amide bonds. The number of halogens is 2. The Hall–Kier alpha value is -1.16. The summed E-state index contributed by atoms with van der Waals surface area (Å²) in [5.41, 5.74) is -0.442.